The lowest BCUT2D eigenvalue weighted by atomic mass is 9.71. The van der Waals surface area contributed by atoms with Crippen molar-refractivity contribution in [2.24, 2.45) is 0 Å². The Hall–Kier alpha value is -3.25. The molecule has 37 heavy (non-hydrogen) atoms. The number of rotatable bonds is 5. The van der Waals surface area contributed by atoms with Crippen molar-refractivity contribution in [3.8, 4) is 11.8 Å². The van der Waals surface area contributed by atoms with E-state index in [2.05, 4.69) is 26.4 Å². The van der Waals surface area contributed by atoms with Gasteiger partial charge < -0.3 is 10.1 Å². The highest BCUT2D eigenvalue weighted by atomic mass is 35.5. The number of morpholine rings is 1. The minimum atomic E-state index is -0.572. The molecule has 2 fully saturated rings. The van der Waals surface area contributed by atoms with E-state index in [1.807, 2.05) is 50.2 Å². The van der Waals surface area contributed by atoms with Crippen molar-refractivity contribution in [3.63, 3.8) is 0 Å². The molecule has 1 N–H and O–H groups in total. The molecule has 194 valence electrons. The SMILES string of the molecule is Cc1ccc(-n2ncc(C(=O)Nc3ccc([C@]4(C#N)CC[C@@H](N5CCOCC5)CC4)nc3)c2C)cc1.Cl. The topological polar surface area (TPSA) is 96.1 Å². The van der Waals surface area contributed by atoms with Gasteiger partial charge in [-0.1, -0.05) is 17.7 Å². The predicted octanol–water partition coefficient (Wildman–Crippen LogP) is 4.59. The number of pyridine rings is 1. The number of anilines is 1. The second-order valence-electron chi connectivity index (χ2n) is 9.85. The number of nitrogens with one attached hydrogen (secondary N) is 1. The van der Waals surface area contributed by atoms with Crippen LogP contribution in [0.1, 0.15) is 53.0 Å². The van der Waals surface area contributed by atoms with Gasteiger partial charge in [0.1, 0.15) is 0 Å². The molecule has 2 aliphatic rings. The number of carbonyl (C=O) groups excluding carboxylic acids is 1. The Morgan fingerprint density at radius 3 is 2.41 bits per heavy atom. The van der Waals surface area contributed by atoms with E-state index in [0.29, 0.717) is 17.3 Å². The molecule has 0 radical (unpaired) electrons. The number of ether oxygens (including phenoxy) is 1. The lowest BCUT2D eigenvalue weighted by Gasteiger charge is -2.41. The fourth-order valence-electron chi connectivity index (χ4n) is 5.36. The van der Waals surface area contributed by atoms with Gasteiger partial charge in [-0.3, -0.25) is 14.7 Å². The second-order valence-corrected chi connectivity index (χ2v) is 9.85. The highest BCUT2D eigenvalue weighted by molar-refractivity contribution is 6.04. The number of aromatic nitrogens is 3. The molecule has 2 aromatic heterocycles. The first kappa shape index (κ1) is 26.8. The fraction of sp³-hybridized carbons (Fsp3) is 0.429. The first-order valence-corrected chi connectivity index (χ1v) is 12.6. The molecule has 0 unspecified atom stereocenters. The molecule has 5 rings (SSSR count). The van der Waals surface area contributed by atoms with E-state index in [4.69, 9.17) is 4.74 Å². The standard InChI is InChI=1S/C28H32N6O2.ClH/c1-20-3-6-24(7-4-20)34-21(2)25(18-31-34)27(35)32-22-5-8-26(30-17-22)28(19-29)11-9-23(10-12-28)33-13-15-36-16-14-33;/h3-8,17-18,23H,9-16H2,1-2H3,(H,32,35);1H/t23-,28-;. The van der Waals surface area contributed by atoms with Crippen LogP contribution in [0.5, 0.6) is 0 Å². The van der Waals surface area contributed by atoms with Crippen molar-refractivity contribution < 1.29 is 9.53 Å². The highest BCUT2D eigenvalue weighted by Gasteiger charge is 2.40. The molecule has 1 amide bonds. The normalized spacial score (nSPS) is 22.0. The van der Waals surface area contributed by atoms with E-state index >= 15 is 0 Å². The second kappa shape index (κ2) is 11.4. The van der Waals surface area contributed by atoms with Crippen LogP contribution in [-0.4, -0.2) is 57.9 Å². The van der Waals surface area contributed by atoms with Crippen LogP contribution in [0.25, 0.3) is 5.69 Å². The molecule has 1 aliphatic carbocycles. The van der Waals surface area contributed by atoms with Gasteiger partial charge in [-0.15, -0.1) is 12.4 Å². The Balaban J connectivity index is 0.00000320. The molecule has 3 heterocycles. The van der Waals surface area contributed by atoms with Gasteiger partial charge in [-0.2, -0.15) is 10.4 Å². The molecular formula is C28H33ClN6O2. The van der Waals surface area contributed by atoms with Gasteiger partial charge in [-0.05, 0) is 63.8 Å². The third kappa shape index (κ3) is 5.54. The fourth-order valence-corrected chi connectivity index (χ4v) is 5.36. The summed E-state index contributed by atoms with van der Waals surface area (Å²) >= 11 is 0. The number of aryl methyl sites for hydroxylation is 1. The number of hydrogen-bond acceptors (Lipinski definition) is 6. The summed E-state index contributed by atoms with van der Waals surface area (Å²) in [4.78, 5) is 20.1. The summed E-state index contributed by atoms with van der Waals surface area (Å²) in [6, 6.07) is 14.8. The molecule has 1 aliphatic heterocycles. The zero-order valence-corrected chi connectivity index (χ0v) is 22.1. The van der Waals surface area contributed by atoms with E-state index in [1.165, 1.54) is 5.56 Å². The zero-order chi connectivity index (χ0) is 25.1. The maximum Gasteiger partial charge on any atom is 0.259 e. The van der Waals surface area contributed by atoms with Crippen LogP contribution in [-0.2, 0) is 10.2 Å². The third-order valence-electron chi connectivity index (χ3n) is 7.63. The van der Waals surface area contributed by atoms with Crippen LogP contribution in [0.2, 0.25) is 0 Å². The Labute approximate surface area is 224 Å². The number of nitriles is 1. The molecule has 0 spiro atoms. The number of halogens is 1. The van der Waals surface area contributed by atoms with Crippen LogP contribution in [0.15, 0.2) is 48.8 Å². The van der Waals surface area contributed by atoms with Crippen molar-refractivity contribution in [1.29, 1.82) is 5.26 Å². The summed E-state index contributed by atoms with van der Waals surface area (Å²) < 4.78 is 7.25. The number of nitrogens with zero attached hydrogens (tertiary/aromatic N) is 5. The van der Waals surface area contributed by atoms with Crippen molar-refractivity contribution in [1.82, 2.24) is 19.7 Å². The monoisotopic (exact) mass is 520 g/mol. The smallest absolute Gasteiger partial charge is 0.259 e. The molecule has 9 heteroatoms. The largest absolute Gasteiger partial charge is 0.379 e. The van der Waals surface area contributed by atoms with E-state index < -0.39 is 5.41 Å². The van der Waals surface area contributed by atoms with Crippen LogP contribution < -0.4 is 5.32 Å². The molecule has 0 bridgehead atoms. The average Bonchev–Trinajstić information content (AvgIpc) is 3.31. The first-order valence-electron chi connectivity index (χ1n) is 12.6. The summed E-state index contributed by atoms with van der Waals surface area (Å²) in [7, 11) is 0. The van der Waals surface area contributed by atoms with Crippen molar-refractivity contribution in [3.05, 3.63) is 71.3 Å². The first-order chi connectivity index (χ1) is 17.5. The maximum atomic E-state index is 13.0. The highest BCUT2D eigenvalue weighted by Crippen LogP contribution is 2.40. The summed E-state index contributed by atoms with van der Waals surface area (Å²) in [5.41, 5.74) is 4.16. The minimum Gasteiger partial charge on any atom is -0.379 e. The van der Waals surface area contributed by atoms with Crippen molar-refractivity contribution >= 4 is 24.0 Å². The van der Waals surface area contributed by atoms with Gasteiger partial charge in [0.2, 0.25) is 0 Å². The molecule has 1 aromatic carbocycles. The molecule has 8 nitrogen and oxygen atoms in total. The molecule has 1 saturated carbocycles. The maximum absolute atomic E-state index is 13.0. The number of amides is 1. The van der Waals surface area contributed by atoms with Gasteiger partial charge in [0, 0.05) is 19.1 Å². The van der Waals surface area contributed by atoms with Gasteiger partial charge >= 0.3 is 0 Å². The van der Waals surface area contributed by atoms with Crippen LogP contribution in [0, 0.1) is 25.2 Å². The molecule has 1 saturated heterocycles. The van der Waals surface area contributed by atoms with Gasteiger partial charge in [-0.25, -0.2) is 4.68 Å². The van der Waals surface area contributed by atoms with E-state index in [9.17, 15) is 10.1 Å². The average molecular weight is 521 g/mol. The van der Waals surface area contributed by atoms with E-state index in [1.54, 1.807) is 17.1 Å². The molecule has 3 aromatic rings. The lowest BCUT2D eigenvalue weighted by molar-refractivity contribution is 0.00493. The Morgan fingerprint density at radius 2 is 1.78 bits per heavy atom. The van der Waals surface area contributed by atoms with Gasteiger partial charge in [0.05, 0.1) is 65.4 Å². The Morgan fingerprint density at radius 1 is 1.08 bits per heavy atom. The summed E-state index contributed by atoms with van der Waals surface area (Å²) in [6.45, 7) is 7.45. The Kier molecular flexibility index (Phi) is 8.28. The van der Waals surface area contributed by atoms with E-state index in [0.717, 1.165) is 69.1 Å². The quantitative estimate of drug-likeness (QED) is 0.528. The van der Waals surface area contributed by atoms with Crippen LogP contribution in [0.4, 0.5) is 5.69 Å². The minimum absolute atomic E-state index is 0. The molecular weight excluding hydrogens is 488 g/mol. The Bertz CT molecular complexity index is 1250. The molecule has 0 atom stereocenters. The summed E-state index contributed by atoms with van der Waals surface area (Å²) in [6.07, 6.45) is 6.79. The lowest BCUT2D eigenvalue weighted by Crippen LogP contribution is -2.47. The summed E-state index contributed by atoms with van der Waals surface area (Å²) in [5, 5.41) is 17.4. The van der Waals surface area contributed by atoms with Gasteiger partial charge in [0.25, 0.3) is 5.91 Å². The number of benzene rings is 1. The zero-order valence-electron chi connectivity index (χ0n) is 21.3. The predicted molar refractivity (Wildman–Crippen MR) is 144 cm³/mol. The van der Waals surface area contributed by atoms with Crippen LogP contribution in [0.3, 0.4) is 0 Å². The van der Waals surface area contributed by atoms with Gasteiger partial charge in [0.15, 0.2) is 0 Å². The number of carbonyl (C=O) groups is 1. The van der Waals surface area contributed by atoms with Crippen molar-refractivity contribution in [2.75, 3.05) is 31.6 Å². The van der Waals surface area contributed by atoms with Crippen molar-refractivity contribution in [2.45, 2.75) is 51.0 Å². The van der Waals surface area contributed by atoms with E-state index in [-0.39, 0.29) is 18.3 Å². The summed E-state index contributed by atoms with van der Waals surface area (Å²) in [5.74, 6) is -0.235. The number of hydrogen-bond donors (Lipinski definition) is 1. The third-order valence-corrected chi connectivity index (χ3v) is 7.63. The van der Waals surface area contributed by atoms with Crippen LogP contribution >= 0.6 is 12.4 Å².